The summed E-state index contributed by atoms with van der Waals surface area (Å²) in [6.45, 7) is 5.46. The molecular weight excluding hydrogens is 196 g/mol. The lowest BCUT2D eigenvalue weighted by Crippen LogP contribution is -2.47. The highest BCUT2D eigenvalue weighted by Crippen LogP contribution is 2.33. The maximum Gasteiger partial charge on any atom is 0.0160 e. The molecule has 0 radical (unpaired) electrons. The molecule has 0 spiro atoms. The van der Waals surface area contributed by atoms with E-state index in [1.807, 2.05) is 0 Å². The zero-order chi connectivity index (χ0) is 12.1. The highest BCUT2D eigenvalue weighted by atomic mass is 15.1. The van der Waals surface area contributed by atoms with Crippen LogP contribution in [0.4, 0.5) is 0 Å². The summed E-state index contributed by atoms with van der Waals surface area (Å²) < 4.78 is 0. The molecule has 0 aromatic heterocycles. The Morgan fingerprint density at radius 1 is 1.12 bits per heavy atom. The first kappa shape index (κ1) is 14.0. The van der Waals surface area contributed by atoms with Gasteiger partial charge in [-0.1, -0.05) is 33.1 Å². The minimum absolute atomic E-state index is 0.651. The molecule has 16 heavy (non-hydrogen) atoms. The molecule has 2 unspecified atom stereocenters. The minimum Gasteiger partial charge on any atom is -0.330 e. The van der Waals surface area contributed by atoms with E-state index in [1.165, 1.54) is 32.1 Å². The lowest BCUT2D eigenvalue weighted by atomic mass is 9.74. The highest BCUT2D eigenvalue weighted by molar-refractivity contribution is 4.86. The van der Waals surface area contributed by atoms with Gasteiger partial charge < -0.3 is 10.6 Å². The highest BCUT2D eigenvalue weighted by Gasteiger charge is 2.32. The van der Waals surface area contributed by atoms with Gasteiger partial charge in [-0.3, -0.25) is 0 Å². The van der Waals surface area contributed by atoms with Gasteiger partial charge >= 0.3 is 0 Å². The first-order valence-electron chi connectivity index (χ1n) is 6.94. The fourth-order valence-electron chi connectivity index (χ4n) is 3.44. The van der Waals surface area contributed by atoms with Gasteiger partial charge in [0.05, 0.1) is 0 Å². The molecule has 0 amide bonds. The van der Waals surface area contributed by atoms with Crippen LogP contribution in [0.25, 0.3) is 0 Å². The van der Waals surface area contributed by atoms with E-state index in [0.717, 1.165) is 12.5 Å². The Hall–Kier alpha value is -0.0800. The summed E-state index contributed by atoms with van der Waals surface area (Å²) in [5, 5.41) is 0. The van der Waals surface area contributed by atoms with Gasteiger partial charge in [0.25, 0.3) is 0 Å². The Bertz CT molecular complexity index is 183. The maximum atomic E-state index is 5.99. The molecule has 0 saturated heterocycles. The molecule has 0 heterocycles. The number of hydrogen-bond donors (Lipinski definition) is 1. The van der Waals surface area contributed by atoms with E-state index in [2.05, 4.69) is 32.8 Å². The molecule has 1 saturated carbocycles. The Kier molecular flexibility index (Phi) is 5.77. The topological polar surface area (TPSA) is 29.3 Å². The van der Waals surface area contributed by atoms with Crippen LogP contribution >= 0.6 is 0 Å². The summed E-state index contributed by atoms with van der Waals surface area (Å²) in [5.74, 6) is 2.22. The van der Waals surface area contributed by atoms with E-state index >= 15 is 0 Å². The van der Waals surface area contributed by atoms with E-state index in [9.17, 15) is 0 Å². The molecule has 1 aliphatic carbocycles. The zero-order valence-electron chi connectivity index (χ0n) is 11.6. The molecule has 0 aromatic carbocycles. The summed E-state index contributed by atoms with van der Waals surface area (Å²) >= 11 is 0. The summed E-state index contributed by atoms with van der Waals surface area (Å²) in [7, 11) is 4.45. The van der Waals surface area contributed by atoms with Gasteiger partial charge in [-0.05, 0) is 51.2 Å². The first-order chi connectivity index (χ1) is 7.57. The fourth-order valence-corrected chi connectivity index (χ4v) is 3.44. The third-order valence-corrected chi connectivity index (χ3v) is 4.30. The molecule has 1 rings (SSSR count). The molecule has 2 nitrogen and oxygen atoms in total. The molecule has 2 N–H and O–H groups in total. The lowest BCUT2D eigenvalue weighted by Gasteiger charge is -2.41. The van der Waals surface area contributed by atoms with E-state index in [0.29, 0.717) is 17.9 Å². The van der Waals surface area contributed by atoms with Crippen molar-refractivity contribution in [1.82, 2.24) is 4.90 Å². The second kappa shape index (κ2) is 6.61. The van der Waals surface area contributed by atoms with Crippen molar-refractivity contribution in [3.63, 3.8) is 0 Å². The van der Waals surface area contributed by atoms with Crippen molar-refractivity contribution in [3.8, 4) is 0 Å². The van der Waals surface area contributed by atoms with Gasteiger partial charge in [0, 0.05) is 6.04 Å². The predicted molar refractivity (Wildman–Crippen MR) is 71.4 cm³/mol. The van der Waals surface area contributed by atoms with Crippen LogP contribution in [0.2, 0.25) is 0 Å². The molecule has 2 atom stereocenters. The SMILES string of the molecule is CC(C)C(CN)C(C1CCCCC1)N(C)C. The Labute approximate surface area is 102 Å². The average Bonchev–Trinajstić information content (AvgIpc) is 2.25. The number of rotatable bonds is 5. The molecule has 1 aliphatic rings. The molecule has 2 heteroatoms. The maximum absolute atomic E-state index is 5.99. The fraction of sp³-hybridized carbons (Fsp3) is 1.00. The number of hydrogen-bond acceptors (Lipinski definition) is 2. The summed E-state index contributed by atoms with van der Waals surface area (Å²) in [6.07, 6.45) is 7.10. The molecule has 0 aromatic rings. The van der Waals surface area contributed by atoms with Crippen LogP contribution in [0, 0.1) is 17.8 Å². The largest absolute Gasteiger partial charge is 0.330 e. The molecular formula is C14H30N2. The van der Waals surface area contributed by atoms with Gasteiger partial charge in [-0.2, -0.15) is 0 Å². The van der Waals surface area contributed by atoms with Crippen molar-refractivity contribution in [3.05, 3.63) is 0 Å². The zero-order valence-corrected chi connectivity index (χ0v) is 11.6. The summed E-state index contributed by atoms with van der Waals surface area (Å²) in [5.41, 5.74) is 5.99. The summed E-state index contributed by atoms with van der Waals surface area (Å²) in [6, 6.07) is 0.685. The van der Waals surface area contributed by atoms with Crippen LogP contribution in [0.15, 0.2) is 0 Å². The molecule has 1 fully saturated rings. The molecule has 0 aliphatic heterocycles. The van der Waals surface area contributed by atoms with Gasteiger partial charge in [0.2, 0.25) is 0 Å². The Morgan fingerprint density at radius 2 is 1.69 bits per heavy atom. The van der Waals surface area contributed by atoms with Crippen molar-refractivity contribution in [2.24, 2.45) is 23.5 Å². The Morgan fingerprint density at radius 3 is 2.06 bits per heavy atom. The monoisotopic (exact) mass is 226 g/mol. The van der Waals surface area contributed by atoms with Crippen LogP contribution in [0.5, 0.6) is 0 Å². The van der Waals surface area contributed by atoms with E-state index in [-0.39, 0.29) is 0 Å². The van der Waals surface area contributed by atoms with Crippen molar-refractivity contribution < 1.29 is 0 Å². The average molecular weight is 226 g/mol. The van der Waals surface area contributed by atoms with Crippen LogP contribution in [-0.2, 0) is 0 Å². The first-order valence-corrected chi connectivity index (χ1v) is 6.94. The number of nitrogens with two attached hydrogens (primary N) is 1. The van der Waals surface area contributed by atoms with Crippen molar-refractivity contribution in [1.29, 1.82) is 0 Å². The van der Waals surface area contributed by atoms with Crippen LogP contribution in [-0.4, -0.2) is 31.6 Å². The van der Waals surface area contributed by atoms with E-state index in [4.69, 9.17) is 5.73 Å². The predicted octanol–water partition coefficient (Wildman–Crippen LogP) is 2.73. The smallest absolute Gasteiger partial charge is 0.0160 e. The van der Waals surface area contributed by atoms with E-state index in [1.54, 1.807) is 0 Å². The standard InChI is InChI=1S/C14H30N2/c1-11(2)13(10-15)14(16(3)4)12-8-6-5-7-9-12/h11-14H,5-10,15H2,1-4H3. The quantitative estimate of drug-likeness (QED) is 0.781. The molecule has 96 valence electrons. The molecule has 0 bridgehead atoms. The number of nitrogens with zero attached hydrogens (tertiary/aromatic N) is 1. The van der Waals surface area contributed by atoms with Crippen molar-refractivity contribution in [2.45, 2.75) is 52.0 Å². The normalized spacial score (nSPS) is 22.7. The van der Waals surface area contributed by atoms with Gasteiger partial charge in [-0.15, -0.1) is 0 Å². The lowest BCUT2D eigenvalue weighted by molar-refractivity contribution is 0.0925. The third-order valence-electron chi connectivity index (χ3n) is 4.30. The second-order valence-corrected chi connectivity index (χ2v) is 6.00. The summed E-state index contributed by atoms with van der Waals surface area (Å²) in [4.78, 5) is 2.42. The van der Waals surface area contributed by atoms with Crippen molar-refractivity contribution in [2.75, 3.05) is 20.6 Å². The third kappa shape index (κ3) is 3.46. The van der Waals surface area contributed by atoms with Crippen LogP contribution in [0.1, 0.15) is 46.0 Å². The van der Waals surface area contributed by atoms with Crippen LogP contribution in [0.3, 0.4) is 0 Å². The van der Waals surface area contributed by atoms with Gasteiger partial charge in [-0.25, -0.2) is 0 Å². The second-order valence-electron chi connectivity index (χ2n) is 6.00. The van der Waals surface area contributed by atoms with E-state index < -0.39 is 0 Å². The van der Waals surface area contributed by atoms with Crippen molar-refractivity contribution >= 4 is 0 Å². The minimum atomic E-state index is 0.651. The van der Waals surface area contributed by atoms with Crippen LogP contribution < -0.4 is 5.73 Å². The van der Waals surface area contributed by atoms with Gasteiger partial charge in [0.1, 0.15) is 0 Å². The Balaban J connectivity index is 2.71. The van der Waals surface area contributed by atoms with Gasteiger partial charge in [0.15, 0.2) is 0 Å².